The molecule has 0 spiro atoms. The van der Waals surface area contributed by atoms with Gasteiger partial charge in [-0.05, 0) is 19.3 Å². The summed E-state index contributed by atoms with van der Waals surface area (Å²) in [5, 5.41) is 8.72. The van der Waals surface area contributed by atoms with Gasteiger partial charge in [0.1, 0.15) is 0 Å². The molecule has 0 radical (unpaired) electrons. The lowest BCUT2D eigenvalue weighted by molar-refractivity contribution is -0.136. The molecule has 0 amide bonds. The van der Waals surface area contributed by atoms with Crippen LogP contribution in [0.5, 0.6) is 0 Å². The number of hydrogen-bond acceptors (Lipinski definition) is 3. The zero-order valence-corrected chi connectivity index (χ0v) is 8.60. The Balaban J connectivity index is 2.50. The standard InChI is InChI=1S/C10H12N2O4/c13-8-4-7(5-9(14)15)12(10(16)11-8)6-2-1-3-6/h4,6H,1-3,5H2,(H,14,15)(H,11,13,16). The van der Waals surface area contributed by atoms with Crippen molar-refractivity contribution < 1.29 is 9.90 Å². The maximum atomic E-state index is 11.6. The molecule has 0 aromatic carbocycles. The van der Waals surface area contributed by atoms with E-state index in [-0.39, 0.29) is 18.2 Å². The van der Waals surface area contributed by atoms with Crippen LogP contribution in [-0.2, 0) is 11.2 Å². The minimum absolute atomic E-state index is 0.0405. The van der Waals surface area contributed by atoms with E-state index in [0.717, 1.165) is 19.3 Å². The molecule has 2 rings (SSSR count). The summed E-state index contributed by atoms with van der Waals surface area (Å²) in [6, 6.07) is 1.23. The number of nitrogens with one attached hydrogen (secondary N) is 1. The quantitative estimate of drug-likeness (QED) is 0.749. The molecule has 0 unspecified atom stereocenters. The molecule has 16 heavy (non-hydrogen) atoms. The fourth-order valence-corrected chi connectivity index (χ4v) is 1.89. The molecule has 6 nitrogen and oxygen atoms in total. The molecule has 0 saturated heterocycles. The summed E-state index contributed by atoms with van der Waals surface area (Å²) in [6.45, 7) is 0. The van der Waals surface area contributed by atoms with Gasteiger partial charge in [0.15, 0.2) is 0 Å². The summed E-state index contributed by atoms with van der Waals surface area (Å²) in [7, 11) is 0. The van der Waals surface area contributed by atoms with Crippen LogP contribution in [0.1, 0.15) is 31.0 Å². The van der Waals surface area contributed by atoms with E-state index in [0.29, 0.717) is 0 Å². The molecule has 0 aliphatic heterocycles. The number of aromatic amines is 1. The first-order valence-electron chi connectivity index (χ1n) is 5.14. The molecule has 1 aliphatic rings. The van der Waals surface area contributed by atoms with E-state index in [4.69, 9.17) is 5.11 Å². The van der Waals surface area contributed by atoms with Crippen molar-refractivity contribution in [3.05, 3.63) is 32.6 Å². The van der Waals surface area contributed by atoms with Crippen molar-refractivity contribution in [2.45, 2.75) is 31.7 Å². The highest BCUT2D eigenvalue weighted by Crippen LogP contribution is 2.30. The molecule has 1 aromatic rings. The van der Waals surface area contributed by atoms with Gasteiger partial charge in [0.05, 0.1) is 6.42 Å². The molecule has 1 aliphatic carbocycles. The van der Waals surface area contributed by atoms with Crippen LogP contribution in [0.25, 0.3) is 0 Å². The predicted octanol–water partition coefficient (Wildman–Crippen LogP) is -0.111. The number of rotatable bonds is 3. The predicted molar refractivity (Wildman–Crippen MR) is 55.6 cm³/mol. The van der Waals surface area contributed by atoms with E-state index in [2.05, 4.69) is 4.98 Å². The normalized spacial score (nSPS) is 15.8. The average molecular weight is 224 g/mol. The average Bonchev–Trinajstić information content (AvgIpc) is 2.06. The Kier molecular flexibility index (Phi) is 2.64. The van der Waals surface area contributed by atoms with Gasteiger partial charge >= 0.3 is 11.7 Å². The largest absolute Gasteiger partial charge is 0.481 e. The minimum Gasteiger partial charge on any atom is -0.481 e. The lowest BCUT2D eigenvalue weighted by Crippen LogP contribution is -2.37. The maximum absolute atomic E-state index is 11.6. The third-order valence-electron chi connectivity index (χ3n) is 2.83. The first kappa shape index (κ1) is 10.7. The topological polar surface area (TPSA) is 92.2 Å². The van der Waals surface area contributed by atoms with Gasteiger partial charge in [-0.2, -0.15) is 0 Å². The molecule has 1 heterocycles. The fourth-order valence-electron chi connectivity index (χ4n) is 1.89. The van der Waals surface area contributed by atoms with Crippen molar-refractivity contribution in [3.63, 3.8) is 0 Å². The second kappa shape index (κ2) is 3.96. The maximum Gasteiger partial charge on any atom is 0.328 e. The summed E-state index contributed by atoms with van der Waals surface area (Å²) >= 11 is 0. The summed E-state index contributed by atoms with van der Waals surface area (Å²) in [6.07, 6.45) is 2.45. The Hall–Kier alpha value is -1.85. The van der Waals surface area contributed by atoms with Crippen LogP contribution in [-0.4, -0.2) is 20.6 Å². The molecule has 1 fully saturated rings. The van der Waals surface area contributed by atoms with E-state index in [1.54, 1.807) is 0 Å². The van der Waals surface area contributed by atoms with Crippen LogP contribution in [0, 0.1) is 0 Å². The lowest BCUT2D eigenvalue weighted by atomic mass is 9.92. The number of aliphatic carboxylic acids is 1. The summed E-state index contributed by atoms with van der Waals surface area (Å²) in [5.74, 6) is -1.04. The summed E-state index contributed by atoms with van der Waals surface area (Å²) < 4.78 is 1.40. The first-order chi connectivity index (χ1) is 7.58. The molecule has 0 bridgehead atoms. The van der Waals surface area contributed by atoms with Gasteiger partial charge in [0.25, 0.3) is 5.56 Å². The molecule has 1 saturated carbocycles. The van der Waals surface area contributed by atoms with Crippen molar-refractivity contribution >= 4 is 5.97 Å². The highest BCUT2D eigenvalue weighted by atomic mass is 16.4. The smallest absolute Gasteiger partial charge is 0.328 e. The molecule has 86 valence electrons. The Morgan fingerprint density at radius 3 is 2.69 bits per heavy atom. The van der Waals surface area contributed by atoms with Crippen LogP contribution in [0.3, 0.4) is 0 Å². The van der Waals surface area contributed by atoms with Crippen LogP contribution >= 0.6 is 0 Å². The van der Waals surface area contributed by atoms with Crippen LogP contribution in [0.15, 0.2) is 15.7 Å². The number of carboxylic acids is 1. The molecular formula is C10H12N2O4. The van der Waals surface area contributed by atoms with E-state index < -0.39 is 17.2 Å². The van der Waals surface area contributed by atoms with Crippen molar-refractivity contribution in [2.24, 2.45) is 0 Å². The number of aromatic nitrogens is 2. The molecular weight excluding hydrogens is 212 g/mol. The van der Waals surface area contributed by atoms with Gasteiger partial charge in [-0.3, -0.25) is 19.1 Å². The second-order valence-electron chi connectivity index (χ2n) is 3.96. The monoisotopic (exact) mass is 224 g/mol. The number of nitrogens with zero attached hydrogens (tertiary/aromatic N) is 1. The van der Waals surface area contributed by atoms with E-state index in [9.17, 15) is 14.4 Å². The van der Waals surface area contributed by atoms with Crippen molar-refractivity contribution in [2.75, 3.05) is 0 Å². The van der Waals surface area contributed by atoms with E-state index >= 15 is 0 Å². The van der Waals surface area contributed by atoms with Crippen LogP contribution in [0.2, 0.25) is 0 Å². The van der Waals surface area contributed by atoms with Gasteiger partial charge in [-0.25, -0.2) is 4.79 Å². The van der Waals surface area contributed by atoms with Crippen LogP contribution < -0.4 is 11.2 Å². The SMILES string of the molecule is O=C(O)Cc1cc(=O)[nH]c(=O)n1C1CCC1. The van der Waals surface area contributed by atoms with Crippen molar-refractivity contribution in [1.82, 2.24) is 9.55 Å². The zero-order chi connectivity index (χ0) is 11.7. The summed E-state index contributed by atoms with van der Waals surface area (Å²) in [4.78, 5) is 35.5. The molecule has 1 aromatic heterocycles. The molecule has 6 heteroatoms. The zero-order valence-electron chi connectivity index (χ0n) is 8.60. The number of H-pyrrole nitrogens is 1. The van der Waals surface area contributed by atoms with Gasteiger partial charge in [-0.1, -0.05) is 0 Å². The van der Waals surface area contributed by atoms with Crippen molar-refractivity contribution in [3.8, 4) is 0 Å². The highest BCUT2D eigenvalue weighted by molar-refractivity contribution is 5.69. The summed E-state index contributed by atoms with van der Waals surface area (Å²) in [5.41, 5.74) is -0.767. The van der Waals surface area contributed by atoms with Crippen LogP contribution in [0.4, 0.5) is 0 Å². The molecule has 0 atom stereocenters. The fraction of sp³-hybridized carbons (Fsp3) is 0.500. The Morgan fingerprint density at radius 1 is 1.50 bits per heavy atom. The van der Waals surface area contributed by atoms with Gasteiger partial charge in [0, 0.05) is 17.8 Å². The number of carbonyl (C=O) groups is 1. The lowest BCUT2D eigenvalue weighted by Gasteiger charge is -2.29. The highest BCUT2D eigenvalue weighted by Gasteiger charge is 2.23. The number of carboxylic acid groups (broad SMARTS) is 1. The number of hydrogen-bond donors (Lipinski definition) is 2. The van der Waals surface area contributed by atoms with Gasteiger partial charge in [0.2, 0.25) is 0 Å². The minimum atomic E-state index is -1.04. The second-order valence-corrected chi connectivity index (χ2v) is 3.96. The van der Waals surface area contributed by atoms with E-state index in [1.165, 1.54) is 10.6 Å². The Bertz CT molecular complexity index is 524. The molecule has 2 N–H and O–H groups in total. The van der Waals surface area contributed by atoms with Gasteiger partial charge < -0.3 is 5.11 Å². The Morgan fingerprint density at radius 2 is 2.19 bits per heavy atom. The van der Waals surface area contributed by atoms with Gasteiger partial charge in [-0.15, -0.1) is 0 Å². The van der Waals surface area contributed by atoms with E-state index in [1.807, 2.05) is 0 Å². The van der Waals surface area contributed by atoms with Crippen molar-refractivity contribution in [1.29, 1.82) is 0 Å². The Labute approximate surface area is 90.5 Å². The third kappa shape index (κ3) is 1.91. The first-order valence-corrected chi connectivity index (χ1v) is 5.14. The third-order valence-corrected chi connectivity index (χ3v) is 2.83.